The van der Waals surface area contributed by atoms with Gasteiger partial charge in [0, 0.05) is 7.11 Å². The van der Waals surface area contributed by atoms with Crippen LogP contribution in [0.4, 0.5) is 5.95 Å². The van der Waals surface area contributed by atoms with Gasteiger partial charge in [0.05, 0.1) is 24.0 Å². The molecule has 0 saturated heterocycles. The highest BCUT2D eigenvalue weighted by Crippen LogP contribution is 2.08. The van der Waals surface area contributed by atoms with Gasteiger partial charge in [-0.15, -0.1) is 5.10 Å². The second-order valence-electron chi connectivity index (χ2n) is 3.94. The van der Waals surface area contributed by atoms with E-state index in [0.717, 1.165) is 30.7 Å². The Labute approximate surface area is 103 Å². The third-order valence-electron chi connectivity index (χ3n) is 2.70. The number of aromatic nitrogens is 3. The zero-order valence-electron chi connectivity index (χ0n) is 11.2. The van der Waals surface area contributed by atoms with Crippen LogP contribution in [0, 0.1) is 0 Å². The van der Waals surface area contributed by atoms with Crippen molar-refractivity contribution >= 4 is 5.95 Å². The summed E-state index contributed by atoms with van der Waals surface area (Å²) in [5.41, 5.74) is 2.01. The molecule has 5 heteroatoms. The van der Waals surface area contributed by atoms with Crippen molar-refractivity contribution in [2.24, 2.45) is 0 Å². The molecule has 1 rings (SSSR count). The van der Waals surface area contributed by atoms with E-state index in [1.165, 1.54) is 0 Å². The fraction of sp³-hybridized carbons (Fsp3) is 0.750. The predicted octanol–water partition coefficient (Wildman–Crippen LogP) is 1.83. The summed E-state index contributed by atoms with van der Waals surface area (Å²) in [6.45, 7) is 6.90. The second-order valence-corrected chi connectivity index (χ2v) is 3.94. The Hall–Kier alpha value is -1.23. The van der Waals surface area contributed by atoms with Gasteiger partial charge in [-0.25, -0.2) is 4.98 Å². The van der Waals surface area contributed by atoms with Crippen molar-refractivity contribution in [3.05, 3.63) is 11.4 Å². The number of hydrogen-bond donors (Lipinski definition) is 1. The molecule has 1 heterocycles. The molecular formula is C12H22N4O. The van der Waals surface area contributed by atoms with Crippen molar-refractivity contribution < 1.29 is 4.74 Å². The van der Waals surface area contributed by atoms with Crippen LogP contribution in [0.1, 0.15) is 38.6 Å². The molecule has 5 nitrogen and oxygen atoms in total. The van der Waals surface area contributed by atoms with Gasteiger partial charge in [-0.2, -0.15) is 5.10 Å². The number of anilines is 1. The van der Waals surface area contributed by atoms with E-state index < -0.39 is 0 Å². The molecule has 0 aliphatic carbocycles. The van der Waals surface area contributed by atoms with Crippen LogP contribution in [0.5, 0.6) is 0 Å². The third-order valence-corrected chi connectivity index (χ3v) is 2.70. The Morgan fingerprint density at radius 2 is 1.82 bits per heavy atom. The Morgan fingerprint density at radius 1 is 1.12 bits per heavy atom. The highest BCUT2D eigenvalue weighted by atomic mass is 16.5. The average molecular weight is 238 g/mol. The summed E-state index contributed by atoms with van der Waals surface area (Å²) >= 11 is 0. The van der Waals surface area contributed by atoms with Crippen molar-refractivity contribution in [1.82, 2.24) is 15.2 Å². The van der Waals surface area contributed by atoms with Crippen LogP contribution < -0.4 is 5.32 Å². The molecule has 0 spiro atoms. The molecule has 1 aromatic heterocycles. The Kier molecular flexibility index (Phi) is 5.83. The van der Waals surface area contributed by atoms with Crippen LogP contribution in [0.15, 0.2) is 0 Å². The van der Waals surface area contributed by atoms with Crippen LogP contribution in [0.3, 0.4) is 0 Å². The zero-order valence-corrected chi connectivity index (χ0v) is 11.2. The summed E-state index contributed by atoms with van der Waals surface area (Å²) in [6, 6.07) is 0.235. The monoisotopic (exact) mass is 238 g/mol. The van der Waals surface area contributed by atoms with Crippen molar-refractivity contribution in [2.75, 3.05) is 19.0 Å². The molecule has 0 bridgehead atoms. The van der Waals surface area contributed by atoms with Crippen LogP contribution in [0.25, 0.3) is 0 Å². The minimum atomic E-state index is 0.235. The number of hydrogen-bond acceptors (Lipinski definition) is 5. The first-order valence-electron chi connectivity index (χ1n) is 6.22. The van der Waals surface area contributed by atoms with Crippen molar-refractivity contribution in [3.63, 3.8) is 0 Å². The minimum Gasteiger partial charge on any atom is -0.383 e. The maximum absolute atomic E-state index is 5.13. The first-order chi connectivity index (χ1) is 8.24. The molecule has 0 aromatic carbocycles. The van der Waals surface area contributed by atoms with Gasteiger partial charge in [0.2, 0.25) is 5.95 Å². The van der Waals surface area contributed by atoms with Gasteiger partial charge in [-0.3, -0.25) is 0 Å². The van der Waals surface area contributed by atoms with E-state index in [2.05, 4.69) is 41.3 Å². The summed E-state index contributed by atoms with van der Waals surface area (Å²) in [5.74, 6) is 0.600. The Balaban J connectivity index is 2.77. The molecule has 0 saturated carbocycles. The lowest BCUT2D eigenvalue weighted by Crippen LogP contribution is -2.25. The first kappa shape index (κ1) is 13.8. The largest absolute Gasteiger partial charge is 0.383 e. The first-order valence-corrected chi connectivity index (χ1v) is 6.22. The smallest absolute Gasteiger partial charge is 0.243 e. The van der Waals surface area contributed by atoms with Gasteiger partial charge in [-0.1, -0.05) is 20.8 Å². The van der Waals surface area contributed by atoms with Crippen LogP contribution in [-0.4, -0.2) is 34.9 Å². The number of nitrogens with zero attached hydrogens (tertiary/aromatic N) is 3. The minimum absolute atomic E-state index is 0.235. The maximum atomic E-state index is 5.13. The SMILES string of the molecule is CCc1nnc(NC(CC)COC)nc1CC. The lowest BCUT2D eigenvalue weighted by Gasteiger charge is -2.16. The molecular weight excluding hydrogens is 216 g/mol. The zero-order chi connectivity index (χ0) is 12.7. The van der Waals surface area contributed by atoms with E-state index in [1.54, 1.807) is 7.11 Å². The third kappa shape index (κ3) is 3.93. The number of ether oxygens (including phenoxy) is 1. The number of rotatable bonds is 7. The van der Waals surface area contributed by atoms with E-state index in [4.69, 9.17) is 4.74 Å². The lowest BCUT2D eigenvalue weighted by atomic mass is 10.2. The van der Waals surface area contributed by atoms with Gasteiger partial charge in [0.25, 0.3) is 0 Å². The standard InChI is InChI=1S/C12H22N4O/c1-5-9(8-17-4)13-12-14-10(6-2)11(7-3)15-16-12/h9H,5-8H2,1-4H3,(H,13,14,16). The summed E-state index contributed by atoms with van der Waals surface area (Å²) in [5, 5.41) is 11.5. The second kappa shape index (κ2) is 7.17. The molecule has 17 heavy (non-hydrogen) atoms. The number of nitrogens with one attached hydrogen (secondary N) is 1. The van der Waals surface area contributed by atoms with Crippen molar-refractivity contribution in [1.29, 1.82) is 0 Å². The molecule has 0 radical (unpaired) electrons. The van der Waals surface area contributed by atoms with Gasteiger partial charge in [-0.05, 0) is 19.3 Å². The van der Waals surface area contributed by atoms with Gasteiger partial charge in [0.15, 0.2) is 0 Å². The highest BCUT2D eigenvalue weighted by molar-refractivity contribution is 5.27. The van der Waals surface area contributed by atoms with E-state index in [1.807, 2.05) is 0 Å². The van der Waals surface area contributed by atoms with Gasteiger partial charge >= 0.3 is 0 Å². The molecule has 0 aliphatic heterocycles. The van der Waals surface area contributed by atoms with Crippen molar-refractivity contribution in [2.45, 2.75) is 46.1 Å². The Morgan fingerprint density at radius 3 is 2.35 bits per heavy atom. The van der Waals surface area contributed by atoms with E-state index in [-0.39, 0.29) is 6.04 Å². The number of aryl methyl sites for hydroxylation is 2. The Bertz CT molecular complexity index is 343. The fourth-order valence-electron chi connectivity index (χ4n) is 1.64. The van der Waals surface area contributed by atoms with Gasteiger partial charge < -0.3 is 10.1 Å². The highest BCUT2D eigenvalue weighted by Gasteiger charge is 2.10. The molecule has 96 valence electrons. The summed E-state index contributed by atoms with van der Waals surface area (Å²) in [7, 11) is 1.70. The summed E-state index contributed by atoms with van der Waals surface area (Å²) < 4.78 is 5.13. The predicted molar refractivity (Wildman–Crippen MR) is 68.2 cm³/mol. The van der Waals surface area contributed by atoms with E-state index in [9.17, 15) is 0 Å². The molecule has 1 aromatic rings. The molecule has 0 fully saturated rings. The van der Waals surface area contributed by atoms with Crippen LogP contribution in [-0.2, 0) is 17.6 Å². The maximum Gasteiger partial charge on any atom is 0.243 e. The molecule has 0 amide bonds. The lowest BCUT2D eigenvalue weighted by molar-refractivity contribution is 0.184. The van der Waals surface area contributed by atoms with Gasteiger partial charge in [0.1, 0.15) is 0 Å². The van der Waals surface area contributed by atoms with Crippen LogP contribution in [0.2, 0.25) is 0 Å². The van der Waals surface area contributed by atoms with Crippen molar-refractivity contribution in [3.8, 4) is 0 Å². The molecule has 1 atom stereocenters. The number of methoxy groups -OCH3 is 1. The fourth-order valence-corrected chi connectivity index (χ4v) is 1.64. The normalized spacial score (nSPS) is 12.5. The van der Waals surface area contributed by atoms with E-state index in [0.29, 0.717) is 12.6 Å². The average Bonchev–Trinajstić information content (AvgIpc) is 2.38. The topological polar surface area (TPSA) is 59.9 Å². The summed E-state index contributed by atoms with van der Waals surface area (Å²) in [4.78, 5) is 4.49. The molecule has 1 N–H and O–H groups in total. The quantitative estimate of drug-likeness (QED) is 0.785. The summed E-state index contributed by atoms with van der Waals surface area (Å²) in [6.07, 6.45) is 2.72. The van der Waals surface area contributed by atoms with E-state index >= 15 is 0 Å². The van der Waals surface area contributed by atoms with Crippen LogP contribution >= 0.6 is 0 Å². The molecule has 0 aliphatic rings. The molecule has 1 unspecified atom stereocenters.